The summed E-state index contributed by atoms with van der Waals surface area (Å²) < 4.78 is 22.0. The third-order valence-electron chi connectivity index (χ3n) is 25.8. The number of nitrogens with zero attached hydrogens (tertiary/aromatic N) is 8. The van der Waals surface area contributed by atoms with E-state index in [1.165, 1.54) is 81.4 Å². The van der Waals surface area contributed by atoms with E-state index in [-0.39, 0.29) is 0 Å². The van der Waals surface area contributed by atoms with Gasteiger partial charge < -0.3 is 13.3 Å². The highest BCUT2D eigenvalue weighted by molar-refractivity contribution is 7.25. The molecule has 6 aromatic heterocycles. The van der Waals surface area contributed by atoms with Crippen LogP contribution in [0.5, 0.6) is 0 Å². The summed E-state index contributed by atoms with van der Waals surface area (Å²) in [4.78, 5) is 39.4. The van der Waals surface area contributed by atoms with Crippen molar-refractivity contribution < 1.29 is 13.3 Å². The van der Waals surface area contributed by atoms with Crippen molar-refractivity contribution in [1.29, 1.82) is 0 Å². The number of aromatic nitrogens is 8. The topological polar surface area (TPSA) is 143 Å². The summed E-state index contributed by atoms with van der Waals surface area (Å²) in [6.45, 7) is 0. The van der Waals surface area contributed by atoms with Crippen molar-refractivity contribution in [3.63, 3.8) is 0 Å². The molecule has 0 fully saturated rings. The van der Waals surface area contributed by atoms with Crippen LogP contribution < -0.4 is 0 Å². The molecule has 0 amide bonds. The zero-order valence-corrected chi connectivity index (χ0v) is 70.6. The van der Waals surface area contributed by atoms with Crippen LogP contribution in [0.3, 0.4) is 0 Å². The second kappa shape index (κ2) is 31.0. The first-order valence-electron chi connectivity index (χ1n) is 43.6. The molecule has 6 heterocycles. The van der Waals surface area contributed by atoms with Crippen LogP contribution in [-0.4, -0.2) is 39.9 Å². The van der Waals surface area contributed by atoms with Crippen LogP contribution in [0.1, 0.15) is 44.5 Å². The minimum atomic E-state index is -0.595. The Morgan fingerprint density at radius 1 is 0.177 bits per heavy atom. The van der Waals surface area contributed by atoms with Gasteiger partial charge in [-0.25, -0.2) is 39.9 Å². The van der Waals surface area contributed by atoms with Crippen molar-refractivity contribution in [3.8, 4) is 136 Å². The van der Waals surface area contributed by atoms with E-state index in [1.54, 1.807) is 11.3 Å². The lowest BCUT2D eigenvalue weighted by molar-refractivity contribution is 0.618. The average Bonchev–Trinajstić information content (AvgIpc) is 1.54. The molecule has 12 heteroatoms. The summed E-state index contributed by atoms with van der Waals surface area (Å²) >= 11 is 1.80. The van der Waals surface area contributed by atoms with Crippen LogP contribution in [-0.2, 0) is 10.8 Å². The molecule has 0 spiro atoms. The number of rotatable bonds is 14. The largest absolute Gasteiger partial charge is 0.456 e. The molecule has 130 heavy (non-hydrogen) atoms. The third kappa shape index (κ3) is 12.7. The van der Waals surface area contributed by atoms with Crippen LogP contribution in [0.4, 0.5) is 0 Å². The predicted octanol–water partition coefficient (Wildman–Crippen LogP) is 29.7. The molecule has 0 saturated carbocycles. The van der Waals surface area contributed by atoms with E-state index in [1.807, 2.05) is 188 Å². The Bertz CT molecular complexity index is 7830. The van der Waals surface area contributed by atoms with Gasteiger partial charge in [0.25, 0.3) is 0 Å². The van der Waals surface area contributed by atoms with Gasteiger partial charge in [0.2, 0.25) is 11.8 Å². The maximum atomic E-state index is 6.64. The zero-order valence-electron chi connectivity index (χ0n) is 69.8. The lowest BCUT2D eigenvalue weighted by Gasteiger charge is -2.34. The Morgan fingerprint density at radius 3 is 0.808 bits per heavy atom. The van der Waals surface area contributed by atoms with Gasteiger partial charge in [-0.05, 0) is 174 Å². The molecular weight excluding hydrogens is 1610 g/mol. The summed E-state index contributed by atoms with van der Waals surface area (Å²) in [5, 5.41) is 4.54. The predicted molar refractivity (Wildman–Crippen MR) is 524 cm³/mol. The van der Waals surface area contributed by atoms with Crippen molar-refractivity contribution in [3.05, 3.63) is 481 Å². The fourth-order valence-corrected chi connectivity index (χ4v) is 20.8. The first-order chi connectivity index (χ1) is 64.3. The number of benzene rings is 18. The van der Waals surface area contributed by atoms with Gasteiger partial charge in [-0.1, -0.05) is 352 Å². The first kappa shape index (κ1) is 75.5. The van der Waals surface area contributed by atoms with E-state index in [9.17, 15) is 0 Å². The molecule has 0 bridgehead atoms. The van der Waals surface area contributed by atoms with Gasteiger partial charge in [-0.2, -0.15) is 0 Å². The number of hydrogen-bond acceptors (Lipinski definition) is 12. The second-order valence-corrected chi connectivity index (χ2v) is 34.2. The van der Waals surface area contributed by atoms with Crippen LogP contribution in [0.25, 0.3) is 200 Å². The summed E-state index contributed by atoms with van der Waals surface area (Å²) in [5.41, 5.74) is 30.2. The molecule has 24 aromatic rings. The maximum Gasteiger partial charge on any atom is 0.227 e. The molecule has 0 unspecified atom stereocenters. The Balaban J connectivity index is 0.000000140. The van der Waals surface area contributed by atoms with E-state index in [2.05, 4.69) is 249 Å². The molecule has 608 valence electrons. The van der Waals surface area contributed by atoms with Crippen LogP contribution >= 0.6 is 11.3 Å². The number of thiophene rings is 1. The smallest absolute Gasteiger partial charge is 0.227 e. The third-order valence-corrected chi connectivity index (χ3v) is 26.9. The molecule has 11 nitrogen and oxygen atoms in total. The minimum Gasteiger partial charge on any atom is -0.456 e. The van der Waals surface area contributed by atoms with Gasteiger partial charge in [-0.15, -0.1) is 11.3 Å². The monoisotopic (exact) mass is 1680 g/mol. The molecule has 0 saturated heterocycles. The van der Waals surface area contributed by atoms with Crippen molar-refractivity contribution in [1.82, 2.24) is 39.9 Å². The normalized spacial score (nSPS) is 12.7. The van der Waals surface area contributed by atoms with E-state index < -0.39 is 10.8 Å². The molecule has 26 rings (SSSR count). The van der Waals surface area contributed by atoms with Crippen molar-refractivity contribution >= 4 is 75.6 Å². The standard InChI is InChI=1S/C59H36N4O2.C59H36N4OS/c1-4-14-38(15-5-1)55-61-56(39-16-6-2-7-17-39)63-57(62-55)42-27-32-48-47-31-26-41(34-52(47)64-53(48)35-42)37-24-28-43(29-25-37)59(49-22-12-10-20-45(49)46-21-11-13-23-50(46)59)44-30-33-51-54(36-44)65-58(60-51)40-18-8-3-9-19-40;1-4-14-38(15-5-1)55-61-56(39-16-6-2-7-17-39)63-57(62-55)42-27-32-48-47-31-26-41(34-53(47)65-54(48)35-42)37-24-28-43(29-25-37)59(49-22-12-10-20-45(49)46-21-11-13-23-50(46)59)44-30-33-51-52(36-44)64-58(60-51)40-18-8-3-9-19-40/h2*1-36H. The molecule has 0 atom stereocenters. The minimum absolute atomic E-state index is 0.574. The molecule has 0 aliphatic heterocycles. The molecule has 2 aliphatic rings. The van der Waals surface area contributed by atoms with Gasteiger partial charge in [0, 0.05) is 75.5 Å². The van der Waals surface area contributed by atoms with Crippen molar-refractivity contribution in [2.45, 2.75) is 10.8 Å². The van der Waals surface area contributed by atoms with E-state index in [0.29, 0.717) is 46.7 Å². The Morgan fingerprint density at radius 2 is 0.446 bits per heavy atom. The van der Waals surface area contributed by atoms with Gasteiger partial charge in [0.15, 0.2) is 46.1 Å². The van der Waals surface area contributed by atoms with Gasteiger partial charge in [-0.3, -0.25) is 0 Å². The van der Waals surface area contributed by atoms with Crippen LogP contribution in [0, 0.1) is 0 Å². The van der Waals surface area contributed by atoms with Gasteiger partial charge in [0.1, 0.15) is 22.2 Å². The summed E-state index contributed by atoms with van der Waals surface area (Å²) in [7, 11) is 0. The second-order valence-electron chi connectivity index (χ2n) is 33.1. The van der Waals surface area contributed by atoms with Crippen molar-refractivity contribution in [2.24, 2.45) is 0 Å². The summed E-state index contributed by atoms with van der Waals surface area (Å²) in [5.74, 6) is 5.03. The number of furan rings is 1. The molecule has 18 aromatic carbocycles. The van der Waals surface area contributed by atoms with E-state index >= 15 is 0 Å². The highest BCUT2D eigenvalue weighted by atomic mass is 32.1. The highest BCUT2D eigenvalue weighted by Crippen LogP contribution is 2.59. The summed E-state index contributed by atoms with van der Waals surface area (Å²) in [6.07, 6.45) is 0. The quantitative estimate of drug-likeness (QED) is 0.103. The van der Waals surface area contributed by atoms with Crippen molar-refractivity contribution in [2.75, 3.05) is 0 Å². The van der Waals surface area contributed by atoms with Gasteiger partial charge >= 0.3 is 0 Å². The Labute approximate surface area is 751 Å². The highest BCUT2D eigenvalue weighted by Gasteiger charge is 2.48. The number of hydrogen-bond donors (Lipinski definition) is 0. The fourth-order valence-electron chi connectivity index (χ4n) is 19.7. The van der Waals surface area contributed by atoms with E-state index in [0.717, 1.165) is 116 Å². The maximum absolute atomic E-state index is 6.64. The van der Waals surface area contributed by atoms with Gasteiger partial charge in [0.05, 0.1) is 10.8 Å². The fraction of sp³-hybridized carbons (Fsp3) is 0.0169. The zero-order chi connectivity index (χ0) is 85.8. The number of fused-ring (bicyclic) bond motifs is 14. The SMILES string of the molecule is c1ccc(-c2nc(-c3ccccc3)nc(-c3ccc4c(c3)oc3cc(-c5ccc(C6(c7ccc8nc(-c9ccccc9)oc8c7)c7ccccc7-c7ccccc76)cc5)ccc34)n2)cc1.c1ccc(-c2nc(-c3ccccc3)nc(-c3ccc4c(c3)sc3cc(-c5ccc(C6(c7ccc8nc(-c9ccccc9)oc8c7)c7ccccc7-c7ccccc76)cc5)ccc34)n2)cc1. The Kier molecular flexibility index (Phi) is 18.0. The average molecular weight is 1680 g/mol. The lowest BCUT2D eigenvalue weighted by Crippen LogP contribution is -2.28. The summed E-state index contributed by atoms with van der Waals surface area (Å²) in [6, 6.07) is 153. The molecule has 0 N–H and O–H groups in total. The Hall–Kier alpha value is -17.1. The molecular formula is C118H72N8O3S. The molecule has 2 aliphatic carbocycles. The molecule has 0 radical (unpaired) electrons. The lowest BCUT2D eigenvalue weighted by atomic mass is 9.67. The number of oxazole rings is 2. The van der Waals surface area contributed by atoms with Crippen LogP contribution in [0.2, 0.25) is 0 Å². The van der Waals surface area contributed by atoms with E-state index in [4.69, 9.17) is 53.1 Å². The van der Waals surface area contributed by atoms with Crippen LogP contribution in [0.15, 0.2) is 450 Å². The first-order valence-corrected chi connectivity index (χ1v) is 44.4.